The van der Waals surface area contributed by atoms with Gasteiger partial charge >= 0.3 is 5.97 Å². The molecule has 4 nitrogen and oxygen atoms in total. The summed E-state index contributed by atoms with van der Waals surface area (Å²) in [6, 6.07) is 0. The molecule has 0 radical (unpaired) electrons. The number of carbonyl (C=O) groups excluding carboxylic acids is 1. The van der Waals surface area contributed by atoms with E-state index in [1.807, 2.05) is 0 Å². The SMILES string of the molecule is CC1CCC(C(=O)NC(C)(C)CC(=O)O)CC1. The van der Waals surface area contributed by atoms with E-state index < -0.39 is 11.5 Å². The lowest BCUT2D eigenvalue weighted by molar-refractivity contribution is -0.139. The second kappa shape index (κ2) is 5.52. The lowest BCUT2D eigenvalue weighted by Crippen LogP contribution is -2.47. The second-order valence-electron chi connectivity index (χ2n) is 5.90. The first-order valence-corrected chi connectivity index (χ1v) is 6.34. The highest BCUT2D eigenvalue weighted by atomic mass is 16.4. The van der Waals surface area contributed by atoms with Crippen LogP contribution in [-0.2, 0) is 9.59 Å². The molecule has 0 unspecified atom stereocenters. The molecule has 1 saturated carbocycles. The lowest BCUT2D eigenvalue weighted by Gasteiger charge is -2.30. The fraction of sp³-hybridized carbons (Fsp3) is 0.846. The standard InChI is InChI=1S/C13H23NO3/c1-9-4-6-10(7-5-9)12(17)14-13(2,3)8-11(15)16/h9-10H,4-8H2,1-3H3,(H,14,17)(H,15,16). The molecule has 0 aromatic carbocycles. The van der Waals surface area contributed by atoms with Crippen molar-refractivity contribution in [3.8, 4) is 0 Å². The van der Waals surface area contributed by atoms with Gasteiger partial charge < -0.3 is 10.4 Å². The van der Waals surface area contributed by atoms with Crippen LogP contribution < -0.4 is 5.32 Å². The van der Waals surface area contributed by atoms with Crippen LogP contribution in [0.2, 0.25) is 0 Å². The van der Waals surface area contributed by atoms with Gasteiger partial charge in [-0.1, -0.05) is 6.92 Å². The summed E-state index contributed by atoms with van der Waals surface area (Å²) in [7, 11) is 0. The maximum atomic E-state index is 12.0. The van der Waals surface area contributed by atoms with Crippen LogP contribution in [0.3, 0.4) is 0 Å². The quantitative estimate of drug-likeness (QED) is 0.792. The van der Waals surface area contributed by atoms with E-state index in [9.17, 15) is 9.59 Å². The first-order valence-electron chi connectivity index (χ1n) is 6.34. The molecule has 0 heterocycles. The van der Waals surface area contributed by atoms with Gasteiger partial charge in [0, 0.05) is 11.5 Å². The monoisotopic (exact) mass is 241 g/mol. The van der Waals surface area contributed by atoms with Crippen LogP contribution >= 0.6 is 0 Å². The summed E-state index contributed by atoms with van der Waals surface area (Å²) >= 11 is 0. The maximum absolute atomic E-state index is 12.0. The predicted molar refractivity (Wildman–Crippen MR) is 65.6 cm³/mol. The van der Waals surface area contributed by atoms with E-state index in [1.54, 1.807) is 13.8 Å². The number of carboxylic acid groups (broad SMARTS) is 1. The first kappa shape index (κ1) is 14.0. The van der Waals surface area contributed by atoms with Crippen molar-refractivity contribution in [2.24, 2.45) is 11.8 Å². The lowest BCUT2D eigenvalue weighted by atomic mass is 9.82. The van der Waals surface area contributed by atoms with E-state index in [1.165, 1.54) is 0 Å². The Morgan fingerprint density at radius 1 is 1.24 bits per heavy atom. The van der Waals surface area contributed by atoms with Crippen molar-refractivity contribution in [1.29, 1.82) is 0 Å². The maximum Gasteiger partial charge on any atom is 0.305 e. The van der Waals surface area contributed by atoms with E-state index in [0.29, 0.717) is 5.92 Å². The molecule has 0 bridgehead atoms. The summed E-state index contributed by atoms with van der Waals surface area (Å²) in [5.41, 5.74) is -0.661. The Kier molecular flexibility index (Phi) is 4.54. The van der Waals surface area contributed by atoms with E-state index >= 15 is 0 Å². The zero-order valence-corrected chi connectivity index (χ0v) is 11.0. The molecule has 0 aliphatic heterocycles. The van der Waals surface area contributed by atoms with Crippen LogP contribution in [0.5, 0.6) is 0 Å². The van der Waals surface area contributed by atoms with Crippen LogP contribution in [-0.4, -0.2) is 22.5 Å². The van der Waals surface area contributed by atoms with Gasteiger partial charge in [0.1, 0.15) is 0 Å². The number of nitrogens with one attached hydrogen (secondary N) is 1. The summed E-state index contributed by atoms with van der Waals surface area (Å²) < 4.78 is 0. The molecule has 1 aliphatic rings. The molecular formula is C13H23NO3. The summed E-state index contributed by atoms with van der Waals surface area (Å²) in [4.78, 5) is 22.7. The van der Waals surface area contributed by atoms with Crippen LogP contribution in [0.15, 0.2) is 0 Å². The van der Waals surface area contributed by atoms with Gasteiger partial charge in [0.15, 0.2) is 0 Å². The van der Waals surface area contributed by atoms with Gasteiger partial charge in [-0.15, -0.1) is 0 Å². The number of aliphatic carboxylic acids is 1. The smallest absolute Gasteiger partial charge is 0.305 e. The summed E-state index contributed by atoms with van der Waals surface area (Å²) in [6.07, 6.45) is 4.00. The summed E-state index contributed by atoms with van der Waals surface area (Å²) in [5.74, 6) is -0.0823. The highest BCUT2D eigenvalue weighted by Crippen LogP contribution is 2.28. The van der Waals surface area contributed by atoms with Crippen LogP contribution in [0, 0.1) is 11.8 Å². The molecule has 2 N–H and O–H groups in total. The molecule has 1 fully saturated rings. The zero-order chi connectivity index (χ0) is 13.1. The summed E-state index contributed by atoms with van der Waals surface area (Å²) in [6.45, 7) is 5.72. The minimum Gasteiger partial charge on any atom is -0.481 e. The van der Waals surface area contributed by atoms with Gasteiger partial charge in [-0.3, -0.25) is 9.59 Å². The minimum atomic E-state index is -0.882. The molecular weight excluding hydrogens is 218 g/mol. The van der Waals surface area contributed by atoms with Gasteiger partial charge in [-0.05, 0) is 45.4 Å². The number of carboxylic acids is 1. The Hall–Kier alpha value is -1.06. The van der Waals surface area contributed by atoms with E-state index in [0.717, 1.165) is 25.7 Å². The molecule has 0 aromatic rings. The van der Waals surface area contributed by atoms with Crippen molar-refractivity contribution < 1.29 is 14.7 Å². The topological polar surface area (TPSA) is 66.4 Å². The fourth-order valence-electron chi connectivity index (χ4n) is 2.38. The number of hydrogen-bond acceptors (Lipinski definition) is 2. The van der Waals surface area contributed by atoms with E-state index in [2.05, 4.69) is 12.2 Å². The van der Waals surface area contributed by atoms with Crippen molar-refractivity contribution in [3.63, 3.8) is 0 Å². The van der Waals surface area contributed by atoms with E-state index in [-0.39, 0.29) is 18.2 Å². The Labute approximate surface area is 103 Å². The first-order chi connectivity index (χ1) is 7.80. The molecule has 0 atom stereocenters. The van der Waals surface area contributed by atoms with Gasteiger partial charge in [0.2, 0.25) is 5.91 Å². The Morgan fingerprint density at radius 2 is 1.76 bits per heavy atom. The van der Waals surface area contributed by atoms with Crippen molar-refractivity contribution in [2.45, 2.75) is 58.4 Å². The molecule has 17 heavy (non-hydrogen) atoms. The Balaban J connectivity index is 2.45. The second-order valence-corrected chi connectivity index (χ2v) is 5.90. The summed E-state index contributed by atoms with van der Waals surface area (Å²) in [5, 5.41) is 11.6. The van der Waals surface area contributed by atoms with Crippen molar-refractivity contribution in [2.75, 3.05) is 0 Å². The molecule has 0 aromatic heterocycles. The van der Waals surface area contributed by atoms with Crippen LogP contribution in [0.25, 0.3) is 0 Å². The molecule has 0 spiro atoms. The third kappa shape index (κ3) is 4.75. The molecule has 1 aliphatic carbocycles. The van der Waals surface area contributed by atoms with Crippen molar-refractivity contribution in [3.05, 3.63) is 0 Å². The molecule has 1 rings (SSSR count). The minimum absolute atomic E-state index is 0.0168. The number of hydrogen-bond donors (Lipinski definition) is 2. The van der Waals surface area contributed by atoms with E-state index in [4.69, 9.17) is 5.11 Å². The molecule has 0 saturated heterocycles. The Bertz CT molecular complexity index is 291. The normalized spacial score (nSPS) is 25.4. The largest absolute Gasteiger partial charge is 0.481 e. The van der Waals surface area contributed by atoms with Gasteiger partial charge in [-0.25, -0.2) is 0 Å². The van der Waals surface area contributed by atoms with Gasteiger partial charge in [-0.2, -0.15) is 0 Å². The fourth-order valence-corrected chi connectivity index (χ4v) is 2.38. The molecule has 4 heteroatoms. The Morgan fingerprint density at radius 3 is 2.24 bits per heavy atom. The molecule has 98 valence electrons. The van der Waals surface area contributed by atoms with Crippen molar-refractivity contribution in [1.82, 2.24) is 5.32 Å². The van der Waals surface area contributed by atoms with Crippen molar-refractivity contribution >= 4 is 11.9 Å². The number of rotatable bonds is 4. The molecule has 1 amide bonds. The van der Waals surface area contributed by atoms with Crippen LogP contribution in [0.4, 0.5) is 0 Å². The highest BCUT2D eigenvalue weighted by Gasteiger charge is 2.29. The third-order valence-electron chi connectivity index (χ3n) is 3.44. The average molecular weight is 241 g/mol. The number of amides is 1. The highest BCUT2D eigenvalue weighted by molar-refractivity contribution is 5.80. The zero-order valence-electron chi connectivity index (χ0n) is 11.0. The van der Waals surface area contributed by atoms with Gasteiger partial charge in [0.05, 0.1) is 6.42 Å². The predicted octanol–water partition coefficient (Wildman–Crippen LogP) is 2.18. The van der Waals surface area contributed by atoms with Crippen LogP contribution in [0.1, 0.15) is 52.9 Å². The van der Waals surface area contributed by atoms with Gasteiger partial charge in [0.25, 0.3) is 0 Å². The number of carbonyl (C=O) groups is 2. The third-order valence-corrected chi connectivity index (χ3v) is 3.44. The average Bonchev–Trinajstić information content (AvgIpc) is 2.15.